The summed E-state index contributed by atoms with van der Waals surface area (Å²) in [5.74, 6) is 0. The minimum atomic E-state index is 0.846. The van der Waals surface area contributed by atoms with E-state index in [0.717, 1.165) is 43.5 Å². The van der Waals surface area contributed by atoms with Crippen LogP contribution in [-0.2, 0) is 6.54 Å². The zero-order chi connectivity index (χ0) is 15.4. The van der Waals surface area contributed by atoms with E-state index in [0.29, 0.717) is 0 Å². The maximum Gasteiger partial charge on any atom is 0.173 e. The normalized spacial score (nSPS) is 15.8. The molecule has 2 N–H and O–H groups in total. The SMILES string of the molecule is Cc1ccc(NC(=S)N2CC[NH+](Cc3ccsc3)CC2)cc1. The molecule has 1 aliphatic rings. The van der Waals surface area contributed by atoms with Crippen LogP contribution in [0.2, 0.25) is 0 Å². The van der Waals surface area contributed by atoms with Crippen molar-refractivity contribution in [2.24, 2.45) is 0 Å². The van der Waals surface area contributed by atoms with Crippen LogP contribution in [0, 0.1) is 6.92 Å². The van der Waals surface area contributed by atoms with Gasteiger partial charge in [-0.25, -0.2) is 0 Å². The van der Waals surface area contributed by atoms with Gasteiger partial charge in [0.2, 0.25) is 0 Å². The Balaban J connectivity index is 1.48. The fraction of sp³-hybridized carbons (Fsp3) is 0.353. The summed E-state index contributed by atoms with van der Waals surface area (Å²) in [6.45, 7) is 7.57. The van der Waals surface area contributed by atoms with E-state index in [2.05, 4.69) is 58.2 Å². The number of rotatable bonds is 3. The Hall–Kier alpha value is -1.43. The summed E-state index contributed by atoms with van der Waals surface area (Å²) in [4.78, 5) is 3.93. The summed E-state index contributed by atoms with van der Waals surface area (Å²) in [5.41, 5.74) is 3.79. The third-order valence-electron chi connectivity index (χ3n) is 4.09. The lowest BCUT2D eigenvalue weighted by Gasteiger charge is -2.33. The van der Waals surface area contributed by atoms with Gasteiger partial charge >= 0.3 is 0 Å². The lowest BCUT2D eigenvalue weighted by atomic mass is 10.2. The fourth-order valence-electron chi connectivity index (χ4n) is 2.72. The maximum absolute atomic E-state index is 5.55. The van der Waals surface area contributed by atoms with E-state index in [1.54, 1.807) is 16.2 Å². The Morgan fingerprint density at radius 1 is 1.23 bits per heavy atom. The highest BCUT2D eigenvalue weighted by molar-refractivity contribution is 7.80. The molecule has 0 unspecified atom stereocenters. The van der Waals surface area contributed by atoms with Crippen molar-refractivity contribution in [3.63, 3.8) is 0 Å². The van der Waals surface area contributed by atoms with Gasteiger partial charge < -0.3 is 15.1 Å². The minimum absolute atomic E-state index is 0.846. The van der Waals surface area contributed by atoms with Crippen molar-refractivity contribution in [2.75, 3.05) is 31.5 Å². The first-order valence-electron chi connectivity index (χ1n) is 7.68. The number of benzene rings is 1. The molecular formula is C17H22N3S2+. The molecule has 0 bridgehead atoms. The van der Waals surface area contributed by atoms with Crippen molar-refractivity contribution in [3.8, 4) is 0 Å². The zero-order valence-electron chi connectivity index (χ0n) is 12.8. The number of hydrogen-bond acceptors (Lipinski definition) is 2. The molecule has 1 aromatic heterocycles. The van der Waals surface area contributed by atoms with Gasteiger partial charge in [0.25, 0.3) is 0 Å². The number of hydrogen-bond donors (Lipinski definition) is 2. The molecule has 3 nitrogen and oxygen atoms in total. The zero-order valence-corrected chi connectivity index (χ0v) is 14.5. The second-order valence-electron chi connectivity index (χ2n) is 5.84. The van der Waals surface area contributed by atoms with E-state index in [1.165, 1.54) is 11.1 Å². The first-order valence-corrected chi connectivity index (χ1v) is 9.03. The van der Waals surface area contributed by atoms with Crippen LogP contribution in [0.1, 0.15) is 11.1 Å². The molecule has 1 aromatic carbocycles. The Bertz CT molecular complexity index is 599. The van der Waals surface area contributed by atoms with E-state index in [-0.39, 0.29) is 0 Å². The van der Waals surface area contributed by atoms with Crippen LogP contribution in [0.3, 0.4) is 0 Å². The summed E-state index contributed by atoms with van der Waals surface area (Å²) < 4.78 is 0. The van der Waals surface area contributed by atoms with E-state index in [1.807, 2.05) is 0 Å². The van der Waals surface area contributed by atoms with Crippen LogP contribution in [0.25, 0.3) is 0 Å². The molecule has 0 aliphatic carbocycles. The second kappa shape index (κ2) is 7.22. The van der Waals surface area contributed by atoms with Crippen LogP contribution in [0.4, 0.5) is 5.69 Å². The topological polar surface area (TPSA) is 19.7 Å². The number of nitrogens with zero attached hydrogens (tertiary/aromatic N) is 1. The van der Waals surface area contributed by atoms with E-state index >= 15 is 0 Å². The van der Waals surface area contributed by atoms with Crippen molar-refractivity contribution in [1.29, 1.82) is 0 Å². The van der Waals surface area contributed by atoms with E-state index < -0.39 is 0 Å². The smallest absolute Gasteiger partial charge is 0.173 e. The van der Waals surface area contributed by atoms with Gasteiger partial charge in [-0.3, -0.25) is 0 Å². The molecule has 2 aromatic rings. The van der Waals surface area contributed by atoms with Crippen LogP contribution < -0.4 is 10.2 Å². The average molecular weight is 333 g/mol. The van der Waals surface area contributed by atoms with Gasteiger partial charge in [-0.05, 0) is 48.1 Å². The van der Waals surface area contributed by atoms with E-state index in [9.17, 15) is 0 Å². The molecule has 3 rings (SSSR count). The number of aryl methyl sites for hydroxylation is 1. The van der Waals surface area contributed by atoms with Gasteiger partial charge in [-0.2, -0.15) is 11.3 Å². The number of piperazine rings is 1. The highest BCUT2D eigenvalue weighted by Crippen LogP contribution is 2.10. The van der Waals surface area contributed by atoms with Gasteiger partial charge in [0.05, 0.1) is 26.2 Å². The van der Waals surface area contributed by atoms with Gasteiger partial charge in [0.1, 0.15) is 6.54 Å². The Morgan fingerprint density at radius 3 is 2.59 bits per heavy atom. The standard InChI is InChI=1S/C17H21N3S2/c1-14-2-4-16(5-3-14)18-17(21)20-9-7-19(8-10-20)12-15-6-11-22-13-15/h2-6,11,13H,7-10,12H2,1H3,(H,18,21)/p+1. The lowest BCUT2D eigenvalue weighted by Crippen LogP contribution is -3.13. The maximum atomic E-state index is 5.55. The quantitative estimate of drug-likeness (QED) is 0.841. The summed E-state index contributed by atoms with van der Waals surface area (Å²) in [6, 6.07) is 10.6. The number of thiocarbonyl (C=S) groups is 1. The third kappa shape index (κ3) is 4.06. The molecule has 2 heterocycles. The predicted molar refractivity (Wildman–Crippen MR) is 97.7 cm³/mol. The molecule has 1 fully saturated rings. The van der Waals surface area contributed by atoms with Crippen molar-refractivity contribution >= 4 is 34.4 Å². The van der Waals surface area contributed by atoms with Crippen LogP contribution >= 0.6 is 23.6 Å². The molecule has 0 atom stereocenters. The summed E-state index contributed by atoms with van der Waals surface area (Å²) >= 11 is 7.33. The summed E-state index contributed by atoms with van der Waals surface area (Å²) in [5, 5.41) is 8.61. The third-order valence-corrected chi connectivity index (χ3v) is 5.19. The van der Waals surface area contributed by atoms with E-state index in [4.69, 9.17) is 12.2 Å². The highest BCUT2D eigenvalue weighted by Gasteiger charge is 2.21. The number of anilines is 1. The first kappa shape index (κ1) is 15.5. The molecule has 22 heavy (non-hydrogen) atoms. The number of nitrogens with one attached hydrogen (secondary N) is 2. The average Bonchev–Trinajstić information content (AvgIpc) is 3.03. The summed E-state index contributed by atoms with van der Waals surface area (Å²) in [6.07, 6.45) is 0. The van der Waals surface area contributed by atoms with Gasteiger partial charge in [0.15, 0.2) is 5.11 Å². The van der Waals surface area contributed by atoms with Crippen molar-refractivity contribution in [2.45, 2.75) is 13.5 Å². The minimum Gasteiger partial charge on any atom is -0.338 e. The van der Waals surface area contributed by atoms with Crippen molar-refractivity contribution in [1.82, 2.24) is 4.90 Å². The molecule has 116 valence electrons. The van der Waals surface area contributed by atoms with Crippen LogP contribution in [-0.4, -0.2) is 36.2 Å². The molecule has 0 radical (unpaired) electrons. The number of thiophene rings is 1. The molecule has 1 aliphatic heterocycles. The molecule has 0 saturated carbocycles. The van der Waals surface area contributed by atoms with Gasteiger partial charge in [-0.1, -0.05) is 17.7 Å². The van der Waals surface area contributed by atoms with Crippen LogP contribution in [0.5, 0.6) is 0 Å². The second-order valence-corrected chi connectivity index (χ2v) is 7.01. The largest absolute Gasteiger partial charge is 0.338 e. The Labute approximate surface area is 141 Å². The molecule has 1 saturated heterocycles. The van der Waals surface area contributed by atoms with Crippen molar-refractivity contribution in [3.05, 3.63) is 52.2 Å². The highest BCUT2D eigenvalue weighted by atomic mass is 32.1. The molecular weight excluding hydrogens is 310 g/mol. The lowest BCUT2D eigenvalue weighted by molar-refractivity contribution is -0.917. The van der Waals surface area contributed by atoms with Gasteiger partial charge in [-0.15, -0.1) is 0 Å². The first-order chi connectivity index (χ1) is 10.7. The molecule has 5 heteroatoms. The predicted octanol–water partition coefficient (Wildman–Crippen LogP) is 2.15. The Kier molecular flexibility index (Phi) is 5.08. The Morgan fingerprint density at radius 2 is 1.95 bits per heavy atom. The molecule has 0 amide bonds. The van der Waals surface area contributed by atoms with Gasteiger partial charge in [0, 0.05) is 11.3 Å². The van der Waals surface area contributed by atoms with Crippen molar-refractivity contribution < 1.29 is 4.90 Å². The van der Waals surface area contributed by atoms with Crippen LogP contribution in [0.15, 0.2) is 41.1 Å². The monoisotopic (exact) mass is 332 g/mol. The summed E-state index contributed by atoms with van der Waals surface area (Å²) in [7, 11) is 0. The number of quaternary nitrogens is 1. The fourth-order valence-corrected chi connectivity index (χ4v) is 3.69. The molecule has 0 spiro atoms.